The molecule has 0 aromatic heterocycles. The predicted octanol–water partition coefficient (Wildman–Crippen LogP) is 4.58. The number of carboxylic acid groups (broad SMARTS) is 1. The molecule has 3 aromatic carbocycles. The summed E-state index contributed by atoms with van der Waals surface area (Å²) >= 11 is 3.20. The minimum absolute atomic E-state index is 0.190. The summed E-state index contributed by atoms with van der Waals surface area (Å²) in [5.41, 5.74) is 3.49. The Hall–Kier alpha value is -3.52. The Kier molecular flexibility index (Phi) is 7.31. The first-order chi connectivity index (χ1) is 16.7. The van der Waals surface area contributed by atoms with E-state index in [9.17, 15) is 23.9 Å². The van der Waals surface area contributed by atoms with Crippen LogP contribution < -0.4 is 0 Å². The molecule has 0 radical (unpaired) electrons. The zero-order chi connectivity index (χ0) is 25.1. The highest BCUT2D eigenvalue weighted by molar-refractivity contribution is 9.10. The molecule has 1 atom stereocenters. The zero-order valence-corrected chi connectivity index (χ0v) is 20.7. The van der Waals surface area contributed by atoms with Crippen LogP contribution in [0.25, 0.3) is 0 Å². The number of aliphatic carboxylic acids is 1. The molecule has 1 aliphatic rings. The number of aryl methyl sites for hydroxylation is 1. The van der Waals surface area contributed by atoms with E-state index in [0.29, 0.717) is 10.0 Å². The molecule has 1 aliphatic heterocycles. The lowest BCUT2D eigenvalue weighted by Crippen LogP contribution is -2.54. The largest absolute Gasteiger partial charge is 0.480 e. The van der Waals surface area contributed by atoms with Crippen molar-refractivity contribution >= 4 is 33.7 Å². The highest BCUT2D eigenvalue weighted by Crippen LogP contribution is 2.27. The Bertz CT molecular complexity index is 1280. The second-order valence-electron chi connectivity index (χ2n) is 8.61. The van der Waals surface area contributed by atoms with Crippen LogP contribution in [0.1, 0.15) is 32.6 Å². The molecule has 0 saturated heterocycles. The molecular weight excluding hydrogens is 515 g/mol. The van der Waals surface area contributed by atoms with Gasteiger partial charge < -0.3 is 14.9 Å². The molecule has 8 heteroatoms. The molecule has 1 unspecified atom stereocenters. The van der Waals surface area contributed by atoms with Crippen LogP contribution in [-0.4, -0.2) is 45.3 Å². The molecule has 4 rings (SSSR count). The molecule has 1 N–H and O–H groups in total. The summed E-state index contributed by atoms with van der Waals surface area (Å²) in [5, 5.41) is 9.48. The van der Waals surface area contributed by atoms with E-state index in [2.05, 4.69) is 15.9 Å². The first kappa shape index (κ1) is 24.6. The van der Waals surface area contributed by atoms with Gasteiger partial charge in [0.15, 0.2) is 0 Å². The highest BCUT2D eigenvalue weighted by atomic mass is 79.9. The third kappa shape index (κ3) is 5.59. The number of carbonyl (C=O) groups is 3. The minimum atomic E-state index is -1.22. The van der Waals surface area contributed by atoms with Gasteiger partial charge >= 0.3 is 5.97 Å². The number of carbonyl (C=O) groups excluding carboxylic acids is 2. The van der Waals surface area contributed by atoms with E-state index in [1.54, 1.807) is 18.2 Å². The van der Waals surface area contributed by atoms with Crippen molar-refractivity contribution in [1.29, 1.82) is 0 Å². The van der Waals surface area contributed by atoms with Crippen LogP contribution >= 0.6 is 15.9 Å². The number of hydrogen-bond donors (Lipinski definition) is 1. The SMILES string of the molecule is Cc1ccc(C(=O)N2Cc3ccccc3CC2C(=O)N(CC(=O)O)Cc2ccc(Br)cc2F)cc1. The van der Waals surface area contributed by atoms with Crippen LogP contribution in [0.15, 0.2) is 71.2 Å². The van der Waals surface area contributed by atoms with Crippen LogP contribution in [-0.2, 0) is 29.1 Å². The van der Waals surface area contributed by atoms with E-state index >= 15 is 0 Å². The van der Waals surface area contributed by atoms with E-state index in [1.807, 2.05) is 43.3 Å². The van der Waals surface area contributed by atoms with Gasteiger partial charge in [-0.25, -0.2) is 4.39 Å². The average molecular weight is 539 g/mol. The summed E-state index contributed by atoms with van der Waals surface area (Å²) in [7, 11) is 0. The molecule has 0 fully saturated rings. The summed E-state index contributed by atoms with van der Waals surface area (Å²) in [5.74, 6) is -2.62. The topological polar surface area (TPSA) is 77.9 Å². The van der Waals surface area contributed by atoms with Crippen molar-refractivity contribution in [2.45, 2.75) is 32.5 Å². The van der Waals surface area contributed by atoms with Crippen molar-refractivity contribution in [2.24, 2.45) is 0 Å². The van der Waals surface area contributed by atoms with Crippen LogP contribution in [0.2, 0.25) is 0 Å². The molecule has 2 amide bonds. The number of carboxylic acids is 1. The van der Waals surface area contributed by atoms with Crippen molar-refractivity contribution in [3.8, 4) is 0 Å². The molecule has 1 heterocycles. The maximum absolute atomic E-state index is 14.5. The van der Waals surface area contributed by atoms with E-state index in [0.717, 1.165) is 21.6 Å². The fourth-order valence-corrected chi connectivity index (χ4v) is 4.59. The van der Waals surface area contributed by atoms with Gasteiger partial charge in [0.25, 0.3) is 5.91 Å². The van der Waals surface area contributed by atoms with Gasteiger partial charge in [0.05, 0.1) is 0 Å². The van der Waals surface area contributed by atoms with Gasteiger partial charge in [0.1, 0.15) is 18.4 Å². The van der Waals surface area contributed by atoms with Crippen LogP contribution in [0.3, 0.4) is 0 Å². The molecule has 0 spiro atoms. The molecule has 0 bridgehead atoms. The fraction of sp³-hybridized carbons (Fsp3) is 0.222. The maximum atomic E-state index is 14.5. The van der Waals surface area contributed by atoms with Crippen molar-refractivity contribution in [1.82, 2.24) is 9.80 Å². The van der Waals surface area contributed by atoms with E-state index in [-0.39, 0.29) is 31.0 Å². The molecule has 6 nitrogen and oxygen atoms in total. The number of benzene rings is 3. The Morgan fingerprint density at radius 2 is 1.74 bits per heavy atom. The first-order valence-electron chi connectivity index (χ1n) is 11.1. The van der Waals surface area contributed by atoms with Gasteiger partial charge in [-0.15, -0.1) is 0 Å². The van der Waals surface area contributed by atoms with Crippen molar-refractivity contribution in [2.75, 3.05) is 6.54 Å². The summed E-state index contributed by atoms with van der Waals surface area (Å²) in [6, 6.07) is 18.1. The van der Waals surface area contributed by atoms with Crippen molar-refractivity contribution in [3.05, 3.63) is 105 Å². The summed E-state index contributed by atoms with van der Waals surface area (Å²) in [6.45, 7) is 1.30. The third-order valence-electron chi connectivity index (χ3n) is 6.11. The number of fused-ring (bicyclic) bond motifs is 1. The van der Waals surface area contributed by atoms with Crippen LogP contribution in [0.4, 0.5) is 4.39 Å². The standard InChI is InChI=1S/C27H24BrFN2O4/c1-17-6-8-18(9-7-17)26(34)31-15-20-5-3-2-4-19(20)12-24(31)27(35)30(16-25(32)33)14-21-10-11-22(28)13-23(21)29/h2-11,13,24H,12,14-16H2,1H3,(H,32,33). The zero-order valence-electron chi connectivity index (χ0n) is 19.1. The number of halogens is 2. The number of amides is 2. The molecule has 180 valence electrons. The Balaban J connectivity index is 1.69. The monoisotopic (exact) mass is 538 g/mol. The lowest BCUT2D eigenvalue weighted by atomic mass is 9.92. The lowest BCUT2D eigenvalue weighted by molar-refractivity contribution is -0.147. The second-order valence-corrected chi connectivity index (χ2v) is 9.53. The fourth-order valence-electron chi connectivity index (χ4n) is 4.26. The van der Waals surface area contributed by atoms with Crippen LogP contribution in [0, 0.1) is 12.7 Å². The van der Waals surface area contributed by atoms with E-state index < -0.39 is 30.3 Å². The first-order valence-corrected chi connectivity index (χ1v) is 11.9. The second kappa shape index (κ2) is 10.4. The third-order valence-corrected chi connectivity index (χ3v) is 6.60. The predicted molar refractivity (Wildman–Crippen MR) is 132 cm³/mol. The van der Waals surface area contributed by atoms with Gasteiger partial charge in [0.2, 0.25) is 5.91 Å². The summed E-state index contributed by atoms with van der Waals surface area (Å²) in [6.07, 6.45) is 0.242. The maximum Gasteiger partial charge on any atom is 0.323 e. The number of rotatable bonds is 6. The van der Waals surface area contributed by atoms with Gasteiger partial charge in [-0.05, 0) is 42.3 Å². The molecule has 35 heavy (non-hydrogen) atoms. The Morgan fingerprint density at radius 1 is 1.06 bits per heavy atom. The van der Waals surface area contributed by atoms with E-state index in [4.69, 9.17) is 0 Å². The van der Waals surface area contributed by atoms with Crippen LogP contribution in [0.5, 0.6) is 0 Å². The van der Waals surface area contributed by atoms with Gasteiger partial charge in [-0.3, -0.25) is 14.4 Å². The normalized spacial score (nSPS) is 14.8. The summed E-state index contributed by atoms with van der Waals surface area (Å²) in [4.78, 5) is 41.5. The van der Waals surface area contributed by atoms with Crippen molar-refractivity contribution in [3.63, 3.8) is 0 Å². The minimum Gasteiger partial charge on any atom is -0.480 e. The quantitative estimate of drug-likeness (QED) is 0.498. The smallest absolute Gasteiger partial charge is 0.323 e. The van der Waals surface area contributed by atoms with Crippen molar-refractivity contribution < 1.29 is 23.9 Å². The van der Waals surface area contributed by atoms with Gasteiger partial charge in [0, 0.05) is 35.1 Å². The van der Waals surface area contributed by atoms with Gasteiger partial charge in [-0.2, -0.15) is 0 Å². The van der Waals surface area contributed by atoms with E-state index in [1.165, 1.54) is 17.0 Å². The molecule has 3 aromatic rings. The Morgan fingerprint density at radius 3 is 2.40 bits per heavy atom. The Labute approximate surface area is 211 Å². The highest BCUT2D eigenvalue weighted by Gasteiger charge is 2.38. The summed E-state index contributed by atoms with van der Waals surface area (Å²) < 4.78 is 15.1. The molecular formula is C27H24BrFN2O4. The average Bonchev–Trinajstić information content (AvgIpc) is 2.83. The van der Waals surface area contributed by atoms with Gasteiger partial charge in [-0.1, -0.05) is 64.0 Å². The number of hydrogen-bond acceptors (Lipinski definition) is 3. The number of nitrogens with zero attached hydrogens (tertiary/aromatic N) is 2. The molecule has 0 aliphatic carbocycles. The lowest BCUT2D eigenvalue weighted by Gasteiger charge is -2.38. The molecule has 0 saturated carbocycles.